The van der Waals surface area contributed by atoms with Gasteiger partial charge in [0.1, 0.15) is 11.9 Å². The standard InChI is InChI=1S/C15H19N3O2S/c19-14(17-13-7-3-4-8-16-13)12-9-21-10-18(12)15(20)11-5-1-2-6-11/h3-4,7-8,11-12H,1-2,5-6,9-10H2,(H,16,17,19)/t12-/m1/s1. The van der Waals surface area contributed by atoms with E-state index in [0.717, 1.165) is 25.7 Å². The summed E-state index contributed by atoms with van der Waals surface area (Å²) in [4.78, 5) is 30.8. The maximum Gasteiger partial charge on any atom is 0.249 e. The lowest BCUT2D eigenvalue weighted by Gasteiger charge is -2.25. The number of carbonyl (C=O) groups is 2. The van der Waals surface area contributed by atoms with Crippen molar-refractivity contribution in [1.29, 1.82) is 0 Å². The van der Waals surface area contributed by atoms with Crippen molar-refractivity contribution in [2.75, 3.05) is 16.9 Å². The van der Waals surface area contributed by atoms with Crippen LogP contribution in [0.5, 0.6) is 0 Å². The lowest BCUT2D eigenvalue weighted by atomic mass is 10.1. The van der Waals surface area contributed by atoms with Crippen LogP contribution in [0.1, 0.15) is 25.7 Å². The summed E-state index contributed by atoms with van der Waals surface area (Å²) in [5, 5.41) is 2.80. The zero-order chi connectivity index (χ0) is 14.7. The molecule has 5 nitrogen and oxygen atoms in total. The number of rotatable bonds is 3. The first-order valence-corrected chi connectivity index (χ1v) is 8.51. The molecule has 3 rings (SSSR count). The number of hydrogen-bond donors (Lipinski definition) is 1. The Bertz CT molecular complexity index is 517. The predicted molar refractivity (Wildman–Crippen MR) is 82.8 cm³/mol. The Morgan fingerprint density at radius 1 is 1.29 bits per heavy atom. The second-order valence-corrected chi connectivity index (χ2v) is 6.51. The molecule has 1 aromatic rings. The van der Waals surface area contributed by atoms with E-state index in [-0.39, 0.29) is 23.8 Å². The number of pyridine rings is 1. The number of aromatic nitrogens is 1. The van der Waals surface area contributed by atoms with Gasteiger partial charge in [-0.05, 0) is 25.0 Å². The van der Waals surface area contributed by atoms with Crippen LogP contribution in [0.25, 0.3) is 0 Å². The highest BCUT2D eigenvalue weighted by atomic mass is 32.2. The van der Waals surface area contributed by atoms with Gasteiger partial charge < -0.3 is 10.2 Å². The molecule has 1 aromatic heterocycles. The van der Waals surface area contributed by atoms with Crippen LogP contribution < -0.4 is 5.32 Å². The molecule has 0 aromatic carbocycles. The number of thioether (sulfide) groups is 1. The minimum atomic E-state index is -0.370. The van der Waals surface area contributed by atoms with Gasteiger partial charge in [-0.1, -0.05) is 18.9 Å². The molecule has 112 valence electrons. The Labute approximate surface area is 128 Å². The van der Waals surface area contributed by atoms with Crippen LogP contribution in [0.4, 0.5) is 5.82 Å². The predicted octanol–water partition coefficient (Wildman–Crippen LogP) is 2.11. The first-order chi connectivity index (χ1) is 10.3. The van der Waals surface area contributed by atoms with Gasteiger partial charge in [-0.25, -0.2) is 4.98 Å². The zero-order valence-electron chi connectivity index (χ0n) is 11.8. The fourth-order valence-electron chi connectivity index (χ4n) is 2.93. The third-order valence-corrected chi connectivity index (χ3v) is 5.10. The first-order valence-electron chi connectivity index (χ1n) is 7.36. The highest BCUT2D eigenvalue weighted by Crippen LogP contribution is 2.31. The fourth-order valence-corrected chi connectivity index (χ4v) is 4.09. The van der Waals surface area contributed by atoms with Crippen molar-refractivity contribution < 1.29 is 9.59 Å². The molecular formula is C15H19N3O2S. The van der Waals surface area contributed by atoms with Crippen LogP contribution in [0.2, 0.25) is 0 Å². The summed E-state index contributed by atoms with van der Waals surface area (Å²) in [6.07, 6.45) is 5.83. The lowest BCUT2D eigenvalue weighted by molar-refractivity contribution is -0.139. The summed E-state index contributed by atoms with van der Waals surface area (Å²) in [5.41, 5.74) is 0. The number of hydrogen-bond acceptors (Lipinski definition) is 4. The largest absolute Gasteiger partial charge is 0.320 e. The molecule has 6 heteroatoms. The highest BCUT2D eigenvalue weighted by molar-refractivity contribution is 7.99. The quantitative estimate of drug-likeness (QED) is 0.929. The molecule has 2 amide bonds. The van der Waals surface area contributed by atoms with Crippen molar-refractivity contribution >= 4 is 29.4 Å². The van der Waals surface area contributed by atoms with Gasteiger partial charge in [0.15, 0.2) is 0 Å². The van der Waals surface area contributed by atoms with Crippen LogP contribution in [0, 0.1) is 5.92 Å². The average molecular weight is 305 g/mol. The van der Waals surface area contributed by atoms with Gasteiger partial charge in [0.2, 0.25) is 11.8 Å². The molecule has 1 aliphatic heterocycles. The summed E-state index contributed by atoms with van der Waals surface area (Å²) in [5.74, 6) is 1.96. The molecule has 1 aliphatic carbocycles. The maximum absolute atomic E-state index is 12.5. The van der Waals surface area contributed by atoms with Gasteiger partial charge in [-0.15, -0.1) is 11.8 Å². The molecule has 1 N–H and O–H groups in total. The van der Waals surface area contributed by atoms with Gasteiger partial charge in [0.25, 0.3) is 0 Å². The Balaban J connectivity index is 1.65. The van der Waals surface area contributed by atoms with Gasteiger partial charge in [-0.2, -0.15) is 0 Å². The fraction of sp³-hybridized carbons (Fsp3) is 0.533. The van der Waals surface area contributed by atoms with E-state index in [4.69, 9.17) is 0 Å². The molecule has 21 heavy (non-hydrogen) atoms. The van der Waals surface area contributed by atoms with Crippen molar-refractivity contribution in [2.24, 2.45) is 5.92 Å². The van der Waals surface area contributed by atoms with E-state index in [1.54, 1.807) is 35.0 Å². The second-order valence-electron chi connectivity index (χ2n) is 5.51. The van der Waals surface area contributed by atoms with Crippen molar-refractivity contribution in [2.45, 2.75) is 31.7 Å². The Morgan fingerprint density at radius 2 is 2.10 bits per heavy atom. The molecule has 0 radical (unpaired) electrons. The van der Waals surface area contributed by atoms with E-state index in [2.05, 4.69) is 10.3 Å². The first kappa shape index (κ1) is 14.4. The summed E-state index contributed by atoms with van der Waals surface area (Å²) in [7, 11) is 0. The summed E-state index contributed by atoms with van der Waals surface area (Å²) < 4.78 is 0. The van der Waals surface area contributed by atoms with Crippen molar-refractivity contribution in [3.05, 3.63) is 24.4 Å². The van der Waals surface area contributed by atoms with Crippen LogP contribution >= 0.6 is 11.8 Å². The second kappa shape index (κ2) is 6.47. The number of nitrogens with zero attached hydrogens (tertiary/aromatic N) is 2. The number of carbonyl (C=O) groups excluding carboxylic acids is 2. The van der Waals surface area contributed by atoms with E-state index in [1.807, 2.05) is 6.07 Å². The van der Waals surface area contributed by atoms with E-state index in [0.29, 0.717) is 17.4 Å². The molecule has 1 saturated heterocycles. The van der Waals surface area contributed by atoms with Gasteiger partial charge >= 0.3 is 0 Å². The van der Waals surface area contributed by atoms with Crippen molar-refractivity contribution in [3.8, 4) is 0 Å². The summed E-state index contributed by atoms with van der Waals surface area (Å²) in [6, 6.07) is 5.01. The monoisotopic (exact) mass is 305 g/mol. The topological polar surface area (TPSA) is 62.3 Å². The highest BCUT2D eigenvalue weighted by Gasteiger charge is 2.38. The van der Waals surface area contributed by atoms with Crippen molar-refractivity contribution in [1.82, 2.24) is 9.88 Å². The molecular weight excluding hydrogens is 286 g/mol. The van der Waals surface area contributed by atoms with E-state index < -0.39 is 0 Å². The van der Waals surface area contributed by atoms with Crippen LogP contribution in [-0.2, 0) is 9.59 Å². The van der Waals surface area contributed by atoms with E-state index in [1.165, 1.54) is 0 Å². The van der Waals surface area contributed by atoms with Gasteiger partial charge in [0, 0.05) is 17.9 Å². The van der Waals surface area contributed by atoms with Crippen molar-refractivity contribution in [3.63, 3.8) is 0 Å². The molecule has 0 bridgehead atoms. The molecule has 0 unspecified atom stereocenters. The average Bonchev–Trinajstić information content (AvgIpc) is 3.19. The minimum absolute atomic E-state index is 0.119. The summed E-state index contributed by atoms with van der Waals surface area (Å²) >= 11 is 1.64. The normalized spacial score (nSPS) is 22.5. The SMILES string of the molecule is O=C(Nc1ccccn1)[C@H]1CSCN1C(=O)C1CCCC1. The number of amides is 2. The Morgan fingerprint density at radius 3 is 2.81 bits per heavy atom. The number of nitrogens with one attached hydrogen (secondary N) is 1. The number of anilines is 1. The molecule has 0 spiro atoms. The van der Waals surface area contributed by atoms with Gasteiger partial charge in [-0.3, -0.25) is 9.59 Å². The molecule has 2 heterocycles. The Kier molecular flexibility index (Phi) is 4.43. The van der Waals surface area contributed by atoms with E-state index in [9.17, 15) is 9.59 Å². The Hall–Kier alpha value is -1.56. The summed E-state index contributed by atoms with van der Waals surface area (Å²) in [6.45, 7) is 0. The third kappa shape index (κ3) is 3.20. The van der Waals surface area contributed by atoms with Crippen LogP contribution in [0.15, 0.2) is 24.4 Å². The smallest absolute Gasteiger partial charge is 0.249 e. The molecule has 2 fully saturated rings. The minimum Gasteiger partial charge on any atom is -0.320 e. The van der Waals surface area contributed by atoms with Crippen LogP contribution in [-0.4, -0.2) is 39.4 Å². The molecule has 1 atom stereocenters. The third-order valence-electron chi connectivity index (χ3n) is 4.09. The molecule has 1 saturated carbocycles. The molecule has 2 aliphatic rings. The van der Waals surface area contributed by atoms with Crippen LogP contribution in [0.3, 0.4) is 0 Å². The maximum atomic E-state index is 12.5. The van der Waals surface area contributed by atoms with Gasteiger partial charge in [0.05, 0.1) is 5.88 Å². The zero-order valence-corrected chi connectivity index (χ0v) is 12.6. The lowest BCUT2D eigenvalue weighted by Crippen LogP contribution is -2.46. The van der Waals surface area contributed by atoms with E-state index >= 15 is 0 Å².